The zero-order valence-corrected chi connectivity index (χ0v) is 23.7. The van der Waals surface area contributed by atoms with Crippen molar-refractivity contribution < 1.29 is 19.1 Å². The molecule has 4 aromatic rings. The van der Waals surface area contributed by atoms with Crippen LogP contribution in [0.3, 0.4) is 0 Å². The molecule has 4 rings (SSSR count). The van der Waals surface area contributed by atoms with Crippen LogP contribution in [0.4, 0.5) is 21.0 Å². The molecule has 0 unspecified atom stereocenters. The third kappa shape index (κ3) is 9.80. The summed E-state index contributed by atoms with van der Waals surface area (Å²) in [6.07, 6.45) is 7.68. The predicted molar refractivity (Wildman–Crippen MR) is 156 cm³/mol. The Bertz CT molecular complexity index is 1300. The van der Waals surface area contributed by atoms with Crippen molar-refractivity contribution in [3.05, 3.63) is 72.3 Å². The number of unbranched alkanes of at least 4 members (excludes halogenated alkanes) is 3. The number of rotatable bonds is 15. The first-order valence-corrected chi connectivity index (χ1v) is 13.7. The molecule has 222 valence electrons. The fraction of sp³-hybridized carbons (Fsp3) is 0.357. The average molecular weight is 577 g/mol. The van der Waals surface area contributed by atoms with Crippen LogP contribution in [0.15, 0.2) is 60.9 Å². The number of benzene rings is 2. The van der Waals surface area contributed by atoms with Gasteiger partial charge >= 0.3 is 12.1 Å². The van der Waals surface area contributed by atoms with Crippen molar-refractivity contribution in [2.75, 3.05) is 24.9 Å². The van der Waals surface area contributed by atoms with Crippen LogP contribution in [0.5, 0.6) is 11.5 Å². The normalized spacial score (nSPS) is 10.6. The predicted octanol–water partition coefficient (Wildman–Crippen LogP) is 3.79. The Kier molecular flexibility index (Phi) is 11.1. The topological polar surface area (TPSA) is 162 Å². The average Bonchev–Trinajstić information content (AvgIpc) is 3.67. The molecule has 0 spiro atoms. The zero-order chi connectivity index (χ0) is 29.6. The van der Waals surface area contributed by atoms with Gasteiger partial charge in [0.15, 0.2) is 0 Å². The lowest BCUT2D eigenvalue weighted by molar-refractivity contribution is 0.251. The summed E-state index contributed by atoms with van der Waals surface area (Å²) in [5, 5.41) is 27.6. The van der Waals surface area contributed by atoms with Crippen LogP contribution in [0, 0.1) is 0 Å². The summed E-state index contributed by atoms with van der Waals surface area (Å²) in [7, 11) is 3.19. The van der Waals surface area contributed by atoms with Crippen molar-refractivity contribution in [1.82, 2.24) is 40.6 Å². The Hall–Kier alpha value is -5.14. The molecular weight excluding hydrogens is 540 g/mol. The minimum absolute atomic E-state index is 0.282. The maximum Gasteiger partial charge on any atom is 0.319 e. The van der Waals surface area contributed by atoms with Crippen LogP contribution >= 0.6 is 0 Å². The summed E-state index contributed by atoms with van der Waals surface area (Å²) >= 11 is 0. The van der Waals surface area contributed by atoms with Crippen molar-refractivity contribution in [2.45, 2.75) is 51.9 Å². The number of ether oxygens (including phenoxy) is 2. The summed E-state index contributed by atoms with van der Waals surface area (Å²) < 4.78 is 13.8. The van der Waals surface area contributed by atoms with Crippen LogP contribution in [-0.4, -0.2) is 56.3 Å². The minimum Gasteiger partial charge on any atom is -0.497 e. The molecule has 0 radical (unpaired) electrons. The SMILES string of the molecule is COc1ccc(NC(=O)NCc2cn(CCCCCCn3cc(CNC(=O)Nc4ccc(OC)cc4)nn3)nn2)cc1. The van der Waals surface area contributed by atoms with E-state index in [0.717, 1.165) is 50.3 Å². The zero-order valence-electron chi connectivity index (χ0n) is 23.7. The number of amides is 4. The smallest absolute Gasteiger partial charge is 0.319 e. The number of anilines is 2. The van der Waals surface area contributed by atoms with E-state index in [1.54, 1.807) is 72.1 Å². The summed E-state index contributed by atoms with van der Waals surface area (Å²) in [4.78, 5) is 24.2. The highest BCUT2D eigenvalue weighted by Crippen LogP contribution is 2.15. The number of aryl methyl sites for hydroxylation is 2. The van der Waals surface area contributed by atoms with Gasteiger partial charge < -0.3 is 30.7 Å². The third-order valence-electron chi connectivity index (χ3n) is 6.25. The van der Waals surface area contributed by atoms with Gasteiger partial charge in [-0.25, -0.2) is 9.59 Å². The lowest BCUT2D eigenvalue weighted by atomic mass is 10.2. The van der Waals surface area contributed by atoms with Crippen LogP contribution < -0.4 is 30.7 Å². The Morgan fingerprint density at radius 2 is 1.05 bits per heavy atom. The second-order valence-electron chi connectivity index (χ2n) is 9.43. The molecule has 4 N–H and O–H groups in total. The maximum atomic E-state index is 12.1. The van der Waals surface area contributed by atoms with Gasteiger partial charge in [-0.1, -0.05) is 23.3 Å². The van der Waals surface area contributed by atoms with Crippen molar-refractivity contribution in [2.24, 2.45) is 0 Å². The standard InChI is InChI=1S/C28H36N10O4/c1-41-25-11-7-21(8-12-25)31-27(39)29-17-23-19-37(35-33-23)15-5-3-4-6-16-38-20-24(34-36-38)18-30-28(40)32-22-9-13-26(42-2)14-10-22/h7-14,19-20H,3-6,15-18H2,1-2H3,(H2,29,31,39)(H2,30,32,40). The highest BCUT2D eigenvalue weighted by molar-refractivity contribution is 5.89. The Balaban J connectivity index is 1.04. The van der Waals surface area contributed by atoms with E-state index < -0.39 is 0 Å². The van der Waals surface area contributed by atoms with Gasteiger partial charge in [0, 0.05) is 24.5 Å². The largest absolute Gasteiger partial charge is 0.497 e. The molecule has 2 aromatic heterocycles. The summed E-state index contributed by atoms with van der Waals surface area (Å²) in [6, 6.07) is 13.5. The second kappa shape index (κ2) is 15.6. The number of hydrogen-bond donors (Lipinski definition) is 4. The summed E-state index contributed by atoms with van der Waals surface area (Å²) in [5.74, 6) is 1.45. The number of carbonyl (C=O) groups is 2. The molecule has 4 amide bonds. The van der Waals surface area contributed by atoms with Crippen LogP contribution in [0.2, 0.25) is 0 Å². The molecule has 14 heteroatoms. The number of hydrogen-bond acceptors (Lipinski definition) is 8. The molecule has 0 bridgehead atoms. The lowest BCUT2D eigenvalue weighted by Gasteiger charge is -2.07. The van der Waals surface area contributed by atoms with E-state index >= 15 is 0 Å². The molecule has 0 saturated carbocycles. The number of urea groups is 2. The Morgan fingerprint density at radius 1 is 0.643 bits per heavy atom. The molecule has 42 heavy (non-hydrogen) atoms. The molecule has 14 nitrogen and oxygen atoms in total. The van der Waals surface area contributed by atoms with Crippen molar-refractivity contribution in [3.63, 3.8) is 0 Å². The molecule has 0 fully saturated rings. The molecule has 2 aromatic carbocycles. The fourth-order valence-electron chi connectivity index (χ4n) is 4.00. The van der Waals surface area contributed by atoms with E-state index in [-0.39, 0.29) is 25.2 Å². The van der Waals surface area contributed by atoms with Gasteiger partial charge in [0.2, 0.25) is 0 Å². The van der Waals surface area contributed by atoms with E-state index in [1.165, 1.54) is 0 Å². The second-order valence-corrected chi connectivity index (χ2v) is 9.43. The van der Waals surface area contributed by atoms with Crippen LogP contribution in [-0.2, 0) is 26.2 Å². The molecule has 2 heterocycles. The summed E-state index contributed by atoms with van der Waals surface area (Å²) in [5.41, 5.74) is 2.72. The first kappa shape index (κ1) is 29.8. The quantitative estimate of drug-likeness (QED) is 0.155. The van der Waals surface area contributed by atoms with E-state index in [2.05, 4.69) is 41.9 Å². The van der Waals surface area contributed by atoms with Gasteiger partial charge in [-0.15, -0.1) is 10.2 Å². The maximum absolute atomic E-state index is 12.1. The number of aromatic nitrogens is 6. The fourth-order valence-corrected chi connectivity index (χ4v) is 4.00. The number of methoxy groups -OCH3 is 2. The van der Waals surface area contributed by atoms with Crippen molar-refractivity contribution >= 4 is 23.4 Å². The van der Waals surface area contributed by atoms with Gasteiger partial charge in [0.25, 0.3) is 0 Å². The van der Waals surface area contributed by atoms with E-state index in [9.17, 15) is 9.59 Å². The molecule has 0 aliphatic rings. The highest BCUT2D eigenvalue weighted by Gasteiger charge is 2.07. The van der Waals surface area contributed by atoms with E-state index in [1.807, 2.05) is 12.4 Å². The number of carbonyl (C=O) groups excluding carboxylic acids is 2. The van der Waals surface area contributed by atoms with Crippen molar-refractivity contribution in [3.8, 4) is 11.5 Å². The van der Waals surface area contributed by atoms with E-state index in [0.29, 0.717) is 22.8 Å². The molecule has 0 saturated heterocycles. The Labute approximate surface area is 243 Å². The van der Waals surface area contributed by atoms with Crippen molar-refractivity contribution in [1.29, 1.82) is 0 Å². The monoisotopic (exact) mass is 576 g/mol. The van der Waals surface area contributed by atoms with E-state index in [4.69, 9.17) is 9.47 Å². The van der Waals surface area contributed by atoms with Gasteiger partial charge in [0.05, 0.1) is 39.7 Å². The highest BCUT2D eigenvalue weighted by atomic mass is 16.5. The minimum atomic E-state index is -0.319. The third-order valence-corrected chi connectivity index (χ3v) is 6.25. The molecule has 0 aliphatic carbocycles. The molecule has 0 atom stereocenters. The van der Waals surface area contributed by atoms with Gasteiger partial charge in [-0.2, -0.15) is 0 Å². The summed E-state index contributed by atoms with van der Waals surface area (Å²) in [6.45, 7) is 2.07. The van der Waals surface area contributed by atoms with Crippen LogP contribution in [0.25, 0.3) is 0 Å². The van der Waals surface area contributed by atoms with Crippen LogP contribution in [0.1, 0.15) is 37.1 Å². The molecular formula is C28H36N10O4. The molecule has 0 aliphatic heterocycles. The first-order valence-electron chi connectivity index (χ1n) is 13.7. The lowest BCUT2D eigenvalue weighted by Crippen LogP contribution is -2.28. The number of nitrogens with one attached hydrogen (secondary N) is 4. The number of nitrogens with zero attached hydrogens (tertiary/aromatic N) is 6. The first-order chi connectivity index (χ1) is 20.5. The van der Waals surface area contributed by atoms with Gasteiger partial charge in [-0.3, -0.25) is 9.36 Å². The van der Waals surface area contributed by atoms with Gasteiger partial charge in [0.1, 0.15) is 22.9 Å². The Morgan fingerprint density at radius 3 is 1.43 bits per heavy atom. The van der Waals surface area contributed by atoms with Gasteiger partial charge in [-0.05, 0) is 61.4 Å².